The van der Waals surface area contributed by atoms with Crippen LogP contribution in [0.15, 0.2) is 27.6 Å². The van der Waals surface area contributed by atoms with Crippen LogP contribution in [0.4, 0.5) is 0 Å². The standard InChI is InChI=1S/C14H20BrNO2S/c1-10-6-7-14(13(15)9-10)19(17,18)16-8-4-5-11(2)12(16)3/h6-7,9,11-12H,4-5,8H2,1-3H3. The molecule has 2 atom stereocenters. The van der Waals surface area contributed by atoms with Gasteiger partial charge >= 0.3 is 0 Å². The summed E-state index contributed by atoms with van der Waals surface area (Å²) in [7, 11) is -3.41. The van der Waals surface area contributed by atoms with Crippen molar-refractivity contribution in [2.24, 2.45) is 5.92 Å². The van der Waals surface area contributed by atoms with Crippen molar-refractivity contribution in [1.29, 1.82) is 0 Å². The molecule has 19 heavy (non-hydrogen) atoms. The third-order valence-corrected chi connectivity index (χ3v) is 6.95. The zero-order valence-electron chi connectivity index (χ0n) is 11.6. The van der Waals surface area contributed by atoms with Crippen LogP contribution in [-0.2, 0) is 10.0 Å². The molecule has 1 aromatic rings. The van der Waals surface area contributed by atoms with Crippen LogP contribution in [0.5, 0.6) is 0 Å². The molecule has 1 saturated heterocycles. The number of halogens is 1. The first-order chi connectivity index (χ1) is 8.84. The van der Waals surface area contributed by atoms with E-state index in [0.717, 1.165) is 18.4 Å². The molecule has 1 aliphatic heterocycles. The minimum absolute atomic E-state index is 0.0620. The van der Waals surface area contributed by atoms with Crippen LogP contribution < -0.4 is 0 Å². The summed E-state index contributed by atoms with van der Waals surface area (Å²) in [6.45, 7) is 6.70. The first-order valence-electron chi connectivity index (χ1n) is 6.62. The summed E-state index contributed by atoms with van der Waals surface area (Å²) in [4.78, 5) is 0.374. The maximum atomic E-state index is 12.8. The van der Waals surface area contributed by atoms with Gasteiger partial charge in [0.05, 0.1) is 4.90 Å². The monoisotopic (exact) mass is 345 g/mol. The molecule has 1 heterocycles. The van der Waals surface area contributed by atoms with Crippen molar-refractivity contribution in [3.63, 3.8) is 0 Å². The molecule has 0 aromatic heterocycles. The molecule has 0 radical (unpaired) electrons. The Morgan fingerprint density at radius 2 is 2.00 bits per heavy atom. The molecule has 1 aliphatic rings. The second-order valence-corrected chi connectivity index (χ2v) is 8.12. The summed E-state index contributed by atoms with van der Waals surface area (Å²) in [5, 5.41) is 0. The van der Waals surface area contributed by atoms with E-state index in [-0.39, 0.29) is 6.04 Å². The maximum absolute atomic E-state index is 12.8. The van der Waals surface area contributed by atoms with Crippen LogP contribution >= 0.6 is 15.9 Å². The van der Waals surface area contributed by atoms with Gasteiger partial charge in [-0.15, -0.1) is 0 Å². The Balaban J connectivity index is 2.41. The molecular formula is C14H20BrNO2S. The SMILES string of the molecule is Cc1ccc(S(=O)(=O)N2CCCC(C)C2C)c(Br)c1. The van der Waals surface area contributed by atoms with E-state index >= 15 is 0 Å². The first kappa shape index (κ1) is 15.0. The molecule has 2 rings (SSSR count). The van der Waals surface area contributed by atoms with Gasteiger partial charge in [0.25, 0.3) is 0 Å². The number of piperidine rings is 1. The van der Waals surface area contributed by atoms with Crippen LogP contribution in [0.2, 0.25) is 0 Å². The van der Waals surface area contributed by atoms with E-state index < -0.39 is 10.0 Å². The van der Waals surface area contributed by atoms with Gasteiger partial charge in [-0.3, -0.25) is 0 Å². The average Bonchev–Trinajstić information content (AvgIpc) is 2.31. The van der Waals surface area contributed by atoms with Crippen LogP contribution in [0.3, 0.4) is 0 Å². The normalized spacial score (nSPS) is 25.5. The van der Waals surface area contributed by atoms with Gasteiger partial charge in [0.15, 0.2) is 0 Å². The highest BCUT2D eigenvalue weighted by Gasteiger charge is 2.35. The quantitative estimate of drug-likeness (QED) is 0.821. The largest absolute Gasteiger partial charge is 0.244 e. The van der Waals surface area contributed by atoms with E-state index in [2.05, 4.69) is 22.9 Å². The maximum Gasteiger partial charge on any atom is 0.244 e. The van der Waals surface area contributed by atoms with E-state index in [0.29, 0.717) is 21.8 Å². The second-order valence-electron chi connectivity index (χ2n) is 5.41. The van der Waals surface area contributed by atoms with E-state index in [9.17, 15) is 8.42 Å². The highest BCUT2D eigenvalue weighted by atomic mass is 79.9. The van der Waals surface area contributed by atoms with Crippen molar-refractivity contribution in [3.8, 4) is 0 Å². The summed E-state index contributed by atoms with van der Waals surface area (Å²) in [6, 6.07) is 5.45. The summed E-state index contributed by atoms with van der Waals surface area (Å²) < 4.78 is 27.8. The van der Waals surface area contributed by atoms with Gasteiger partial charge in [-0.1, -0.05) is 13.0 Å². The van der Waals surface area contributed by atoms with Gasteiger partial charge in [-0.2, -0.15) is 4.31 Å². The van der Waals surface area contributed by atoms with Crippen molar-refractivity contribution in [3.05, 3.63) is 28.2 Å². The molecule has 0 bridgehead atoms. The minimum atomic E-state index is -3.41. The molecule has 106 valence electrons. The number of sulfonamides is 1. The number of rotatable bonds is 2. The number of aryl methyl sites for hydroxylation is 1. The van der Waals surface area contributed by atoms with Crippen molar-refractivity contribution in [1.82, 2.24) is 4.31 Å². The Labute approximate surface area is 124 Å². The van der Waals surface area contributed by atoms with Crippen LogP contribution in [0.25, 0.3) is 0 Å². The fraction of sp³-hybridized carbons (Fsp3) is 0.571. The lowest BCUT2D eigenvalue weighted by atomic mass is 9.94. The molecule has 0 spiro atoms. The van der Waals surface area contributed by atoms with Gasteiger partial charge < -0.3 is 0 Å². The summed E-state index contributed by atoms with van der Waals surface area (Å²) in [5.41, 5.74) is 1.05. The van der Waals surface area contributed by atoms with Gasteiger partial charge in [-0.25, -0.2) is 8.42 Å². The van der Waals surface area contributed by atoms with E-state index in [4.69, 9.17) is 0 Å². The minimum Gasteiger partial charge on any atom is -0.207 e. The lowest BCUT2D eigenvalue weighted by Gasteiger charge is -2.37. The number of benzene rings is 1. The molecule has 1 fully saturated rings. The van der Waals surface area contributed by atoms with Crippen LogP contribution in [0, 0.1) is 12.8 Å². The van der Waals surface area contributed by atoms with E-state index in [1.54, 1.807) is 10.4 Å². The topological polar surface area (TPSA) is 37.4 Å². The molecule has 3 nitrogen and oxygen atoms in total. The van der Waals surface area contributed by atoms with Gasteiger partial charge in [0, 0.05) is 17.1 Å². The number of hydrogen-bond donors (Lipinski definition) is 0. The lowest BCUT2D eigenvalue weighted by Crippen LogP contribution is -2.45. The zero-order chi connectivity index (χ0) is 14.2. The van der Waals surface area contributed by atoms with Crippen molar-refractivity contribution < 1.29 is 8.42 Å². The first-order valence-corrected chi connectivity index (χ1v) is 8.85. The number of nitrogens with zero attached hydrogens (tertiary/aromatic N) is 1. The fourth-order valence-electron chi connectivity index (χ4n) is 2.58. The van der Waals surface area contributed by atoms with Crippen molar-refractivity contribution >= 4 is 26.0 Å². The molecule has 0 amide bonds. The van der Waals surface area contributed by atoms with Crippen molar-refractivity contribution in [2.45, 2.75) is 44.6 Å². The highest BCUT2D eigenvalue weighted by Crippen LogP contribution is 2.32. The Morgan fingerprint density at radius 3 is 2.63 bits per heavy atom. The van der Waals surface area contributed by atoms with Gasteiger partial charge in [-0.05, 0) is 66.2 Å². The van der Waals surface area contributed by atoms with Gasteiger partial charge in [0.2, 0.25) is 10.0 Å². The predicted molar refractivity (Wildman–Crippen MR) is 80.6 cm³/mol. The molecule has 1 aromatic carbocycles. The predicted octanol–water partition coefficient (Wildman–Crippen LogP) is 3.57. The fourth-order valence-corrected chi connectivity index (χ4v) is 5.50. The Hall–Kier alpha value is -0.390. The Kier molecular flexibility index (Phi) is 4.38. The van der Waals surface area contributed by atoms with E-state index in [1.807, 2.05) is 26.0 Å². The summed E-state index contributed by atoms with van der Waals surface area (Å²) >= 11 is 3.38. The third-order valence-electron chi connectivity index (χ3n) is 3.99. The second kappa shape index (κ2) is 5.54. The van der Waals surface area contributed by atoms with Gasteiger partial charge in [0.1, 0.15) is 0 Å². The Bertz CT molecular complexity index is 571. The third kappa shape index (κ3) is 2.88. The molecule has 2 unspecified atom stereocenters. The number of hydrogen-bond acceptors (Lipinski definition) is 2. The summed E-state index contributed by atoms with van der Waals surface area (Å²) in [5.74, 6) is 0.410. The molecular weight excluding hydrogens is 326 g/mol. The molecule has 0 saturated carbocycles. The summed E-state index contributed by atoms with van der Waals surface area (Å²) in [6.07, 6.45) is 2.04. The zero-order valence-corrected chi connectivity index (χ0v) is 14.0. The highest BCUT2D eigenvalue weighted by molar-refractivity contribution is 9.10. The molecule has 0 N–H and O–H groups in total. The van der Waals surface area contributed by atoms with Crippen LogP contribution in [0.1, 0.15) is 32.3 Å². The molecule has 5 heteroatoms. The van der Waals surface area contributed by atoms with Crippen LogP contribution in [-0.4, -0.2) is 25.3 Å². The average molecular weight is 346 g/mol. The van der Waals surface area contributed by atoms with Crippen molar-refractivity contribution in [2.75, 3.05) is 6.54 Å². The lowest BCUT2D eigenvalue weighted by molar-refractivity contribution is 0.202. The smallest absolute Gasteiger partial charge is 0.207 e. The molecule has 0 aliphatic carbocycles. The Morgan fingerprint density at radius 1 is 1.32 bits per heavy atom. The van der Waals surface area contributed by atoms with E-state index in [1.165, 1.54) is 0 Å².